The Morgan fingerprint density at radius 3 is 2.83 bits per heavy atom. The number of halogens is 2. The summed E-state index contributed by atoms with van der Waals surface area (Å²) < 4.78 is 21.8. The fraction of sp³-hybridized carbons (Fsp3) is 0.524. The van der Waals surface area contributed by atoms with Gasteiger partial charge in [-0.15, -0.1) is 24.0 Å². The highest BCUT2D eigenvalue weighted by molar-refractivity contribution is 14.0. The lowest BCUT2D eigenvalue weighted by atomic mass is 10.1. The van der Waals surface area contributed by atoms with Crippen molar-refractivity contribution in [2.45, 2.75) is 46.2 Å². The van der Waals surface area contributed by atoms with Crippen LogP contribution in [0.15, 0.2) is 35.6 Å². The Labute approximate surface area is 189 Å². The van der Waals surface area contributed by atoms with E-state index in [9.17, 15) is 4.39 Å². The zero-order valence-corrected chi connectivity index (χ0v) is 19.7. The molecule has 0 amide bonds. The third kappa shape index (κ3) is 7.49. The van der Waals surface area contributed by atoms with Gasteiger partial charge in [-0.2, -0.15) is 5.10 Å². The summed E-state index contributed by atoms with van der Waals surface area (Å²) in [5.41, 5.74) is 1.98. The average Bonchev–Trinajstić information content (AvgIpc) is 3.41. The molecule has 8 heteroatoms. The van der Waals surface area contributed by atoms with Crippen LogP contribution in [0, 0.1) is 18.7 Å². The number of rotatable bonds is 9. The molecule has 0 aliphatic heterocycles. The molecule has 1 unspecified atom stereocenters. The number of aliphatic imine (C=N–C) groups is 1. The Hall–Kier alpha value is -1.84. The van der Waals surface area contributed by atoms with Gasteiger partial charge in [0.05, 0.1) is 31.9 Å². The van der Waals surface area contributed by atoms with Gasteiger partial charge in [0.2, 0.25) is 0 Å². The van der Waals surface area contributed by atoms with Crippen molar-refractivity contribution in [2.75, 3.05) is 19.7 Å². The van der Waals surface area contributed by atoms with Crippen molar-refractivity contribution in [3.05, 3.63) is 47.5 Å². The highest BCUT2D eigenvalue weighted by Gasteiger charge is 2.22. The number of aromatic nitrogens is 2. The van der Waals surface area contributed by atoms with Crippen LogP contribution in [-0.4, -0.2) is 35.4 Å². The van der Waals surface area contributed by atoms with Gasteiger partial charge in [-0.3, -0.25) is 9.67 Å². The third-order valence-corrected chi connectivity index (χ3v) is 4.69. The SMILES string of the molecule is CCNC(=NCCn1cc(C)cn1)NC(C)c1ccc(OCC2CC2)c(F)c1.I. The summed E-state index contributed by atoms with van der Waals surface area (Å²) in [6.45, 7) is 8.69. The lowest BCUT2D eigenvalue weighted by molar-refractivity contribution is 0.285. The first kappa shape index (κ1) is 23.4. The maximum absolute atomic E-state index is 14.4. The summed E-state index contributed by atoms with van der Waals surface area (Å²) in [7, 11) is 0. The van der Waals surface area contributed by atoms with E-state index < -0.39 is 0 Å². The van der Waals surface area contributed by atoms with Crippen molar-refractivity contribution < 1.29 is 9.13 Å². The lowest BCUT2D eigenvalue weighted by Gasteiger charge is -2.19. The Morgan fingerprint density at radius 2 is 2.21 bits per heavy atom. The van der Waals surface area contributed by atoms with E-state index in [1.165, 1.54) is 18.9 Å². The first-order valence-corrected chi connectivity index (χ1v) is 10.0. The van der Waals surface area contributed by atoms with Gasteiger partial charge in [0.15, 0.2) is 17.5 Å². The molecule has 1 saturated carbocycles. The maximum atomic E-state index is 14.4. The van der Waals surface area contributed by atoms with Crippen LogP contribution in [0.2, 0.25) is 0 Å². The molecule has 1 fully saturated rings. The molecule has 6 nitrogen and oxygen atoms in total. The summed E-state index contributed by atoms with van der Waals surface area (Å²) in [6.07, 6.45) is 6.20. The predicted octanol–water partition coefficient (Wildman–Crippen LogP) is 4.05. The molecule has 1 aliphatic rings. The van der Waals surface area contributed by atoms with E-state index in [4.69, 9.17) is 4.74 Å². The number of nitrogens with zero attached hydrogens (tertiary/aromatic N) is 3. The number of benzene rings is 1. The van der Waals surface area contributed by atoms with E-state index in [-0.39, 0.29) is 35.8 Å². The second kappa shape index (κ2) is 11.4. The van der Waals surface area contributed by atoms with Crippen LogP contribution in [0.5, 0.6) is 5.75 Å². The topological polar surface area (TPSA) is 63.5 Å². The highest BCUT2D eigenvalue weighted by Crippen LogP contribution is 2.30. The molecule has 1 aliphatic carbocycles. The molecule has 3 rings (SSSR count). The quantitative estimate of drug-likeness (QED) is 0.301. The van der Waals surface area contributed by atoms with Gasteiger partial charge in [0, 0.05) is 12.7 Å². The number of hydrogen-bond donors (Lipinski definition) is 2. The van der Waals surface area contributed by atoms with Gasteiger partial charge in [0.1, 0.15) is 0 Å². The molecular weight excluding hydrogens is 484 g/mol. The monoisotopic (exact) mass is 515 g/mol. The minimum atomic E-state index is -0.317. The molecule has 1 aromatic carbocycles. The standard InChI is InChI=1S/C21H30FN5O.HI/c1-4-23-21(24-9-10-27-13-15(2)12-25-27)26-16(3)18-7-8-20(19(22)11-18)28-14-17-5-6-17;/h7-8,11-13,16-17H,4-6,9-10,14H2,1-3H3,(H2,23,24,26);1H. The first-order valence-electron chi connectivity index (χ1n) is 10.0. The van der Waals surface area contributed by atoms with Crippen molar-refractivity contribution in [2.24, 2.45) is 10.9 Å². The van der Waals surface area contributed by atoms with Crippen LogP contribution < -0.4 is 15.4 Å². The van der Waals surface area contributed by atoms with E-state index in [1.807, 2.05) is 43.9 Å². The summed E-state index contributed by atoms with van der Waals surface area (Å²) in [5.74, 6) is 1.32. The number of aryl methyl sites for hydroxylation is 1. The normalized spacial score (nSPS) is 14.8. The summed E-state index contributed by atoms with van der Waals surface area (Å²) in [4.78, 5) is 4.59. The Bertz CT molecular complexity index is 806. The minimum absolute atomic E-state index is 0. The average molecular weight is 515 g/mol. The molecule has 2 N–H and O–H groups in total. The van der Waals surface area contributed by atoms with E-state index >= 15 is 0 Å². The van der Waals surface area contributed by atoms with Crippen LogP contribution >= 0.6 is 24.0 Å². The molecule has 2 aromatic rings. The van der Waals surface area contributed by atoms with Gasteiger partial charge < -0.3 is 15.4 Å². The number of guanidine groups is 1. The molecule has 160 valence electrons. The van der Waals surface area contributed by atoms with E-state index in [0.717, 1.165) is 17.7 Å². The Kier molecular flexibility index (Phi) is 9.19. The smallest absolute Gasteiger partial charge is 0.191 e. The van der Waals surface area contributed by atoms with Gasteiger partial charge >= 0.3 is 0 Å². The van der Waals surface area contributed by atoms with E-state index in [1.54, 1.807) is 6.07 Å². The Morgan fingerprint density at radius 1 is 1.41 bits per heavy atom. The van der Waals surface area contributed by atoms with Crippen molar-refractivity contribution in [3.63, 3.8) is 0 Å². The first-order chi connectivity index (χ1) is 13.5. The van der Waals surface area contributed by atoms with Gasteiger partial charge in [0.25, 0.3) is 0 Å². The van der Waals surface area contributed by atoms with Crippen LogP contribution in [0.4, 0.5) is 4.39 Å². The second-order valence-corrected chi connectivity index (χ2v) is 7.35. The zero-order chi connectivity index (χ0) is 19.9. The Balaban J connectivity index is 0.00000300. The van der Waals surface area contributed by atoms with E-state index in [0.29, 0.717) is 37.3 Å². The summed E-state index contributed by atoms with van der Waals surface area (Å²) >= 11 is 0. The lowest BCUT2D eigenvalue weighted by Crippen LogP contribution is -2.39. The number of hydrogen-bond acceptors (Lipinski definition) is 3. The summed E-state index contributed by atoms with van der Waals surface area (Å²) in [6, 6.07) is 5.07. The van der Waals surface area contributed by atoms with Crippen LogP contribution in [0.25, 0.3) is 0 Å². The van der Waals surface area contributed by atoms with Gasteiger partial charge in [-0.1, -0.05) is 6.07 Å². The molecule has 1 heterocycles. The largest absolute Gasteiger partial charge is 0.490 e. The number of nitrogens with one attached hydrogen (secondary N) is 2. The zero-order valence-electron chi connectivity index (χ0n) is 17.3. The molecule has 0 spiro atoms. The van der Waals surface area contributed by atoms with Crippen LogP contribution in [0.3, 0.4) is 0 Å². The second-order valence-electron chi connectivity index (χ2n) is 7.35. The fourth-order valence-corrected chi connectivity index (χ4v) is 2.86. The van der Waals surface area contributed by atoms with Gasteiger partial charge in [-0.25, -0.2) is 4.39 Å². The highest BCUT2D eigenvalue weighted by atomic mass is 127. The van der Waals surface area contributed by atoms with Crippen LogP contribution in [0.1, 0.15) is 43.9 Å². The van der Waals surface area contributed by atoms with Crippen molar-refractivity contribution in [3.8, 4) is 5.75 Å². The van der Waals surface area contributed by atoms with E-state index in [2.05, 4.69) is 20.7 Å². The fourth-order valence-electron chi connectivity index (χ4n) is 2.86. The van der Waals surface area contributed by atoms with Crippen molar-refractivity contribution >= 4 is 29.9 Å². The molecule has 0 radical (unpaired) electrons. The molecule has 29 heavy (non-hydrogen) atoms. The molecule has 1 aromatic heterocycles. The molecular formula is C21H31FIN5O. The van der Waals surface area contributed by atoms with Crippen molar-refractivity contribution in [1.82, 2.24) is 20.4 Å². The third-order valence-electron chi connectivity index (χ3n) is 4.69. The summed E-state index contributed by atoms with van der Waals surface area (Å²) in [5, 5.41) is 10.8. The molecule has 0 bridgehead atoms. The molecule has 0 saturated heterocycles. The predicted molar refractivity (Wildman–Crippen MR) is 125 cm³/mol. The van der Waals surface area contributed by atoms with Crippen molar-refractivity contribution in [1.29, 1.82) is 0 Å². The maximum Gasteiger partial charge on any atom is 0.191 e. The van der Waals surface area contributed by atoms with Crippen LogP contribution in [-0.2, 0) is 6.54 Å². The number of ether oxygens (including phenoxy) is 1. The minimum Gasteiger partial charge on any atom is -0.490 e. The van der Waals surface area contributed by atoms with Gasteiger partial charge in [-0.05, 0) is 62.8 Å². The molecule has 1 atom stereocenters.